The third kappa shape index (κ3) is 5.25. The molecule has 24 heavy (non-hydrogen) atoms. The maximum atomic E-state index is 12.2. The van der Waals surface area contributed by atoms with E-state index in [0.717, 1.165) is 5.56 Å². The maximum absolute atomic E-state index is 12.2. The van der Waals surface area contributed by atoms with Crippen molar-refractivity contribution in [2.45, 2.75) is 6.92 Å². The van der Waals surface area contributed by atoms with Crippen LogP contribution in [0.25, 0.3) is 6.08 Å². The Bertz CT molecular complexity index is 735. The lowest BCUT2D eigenvalue weighted by atomic mass is 10.2. The minimum Gasteiger partial charge on any atom is -0.351 e. The van der Waals surface area contributed by atoms with Gasteiger partial charge in [0.2, 0.25) is 0 Å². The van der Waals surface area contributed by atoms with Crippen molar-refractivity contribution in [2.75, 3.05) is 6.54 Å². The number of hydrogen-bond acceptors (Lipinski definition) is 2. The normalized spacial score (nSPS) is 11.3. The molecule has 2 aromatic rings. The van der Waals surface area contributed by atoms with Crippen molar-refractivity contribution in [1.82, 2.24) is 10.6 Å². The van der Waals surface area contributed by atoms with Crippen LogP contribution in [-0.2, 0) is 4.79 Å². The predicted molar refractivity (Wildman–Crippen MR) is 96.2 cm³/mol. The summed E-state index contributed by atoms with van der Waals surface area (Å²) in [5, 5.41) is 5.36. The number of amides is 2. The molecule has 2 rings (SSSR count). The van der Waals surface area contributed by atoms with Crippen LogP contribution in [-0.4, -0.2) is 18.4 Å². The first-order valence-electron chi connectivity index (χ1n) is 7.78. The summed E-state index contributed by atoms with van der Waals surface area (Å²) < 4.78 is 0. The number of likely N-dealkylation sites (N-methyl/N-ethyl adjacent to an activating group) is 1. The van der Waals surface area contributed by atoms with Gasteiger partial charge in [-0.2, -0.15) is 0 Å². The van der Waals surface area contributed by atoms with Crippen LogP contribution in [0.5, 0.6) is 0 Å². The van der Waals surface area contributed by atoms with Gasteiger partial charge in [-0.3, -0.25) is 9.59 Å². The highest BCUT2D eigenvalue weighted by Gasteiger charge is 2.12. The maximum Gasteiger partial charge on any atom is 0.267 e. The second-order valence-electron chi connectivity index (χ2n) is 5.03. The predicted octanol–water partition coefficient (Wildman–Crippen LogP) is 3.15. The highest BCUT2D eigenvalue weighted by molar-refractivity contribution is 6.02. The van der Waals surface area contributed by atoms with Crippen molar-refractivity contribution in [3.05, 3.63) is 89.6 Å². The molecule has 0 aliphatic heterocycles. The quantitative estimate of drug-likeness (QED) is 0.634. The number of allylic oxidation sites excluding steroid dienone is 2. The summed E-state index contributed by atoms with van der Waals surface area (Å²) >= 11 is 0. The molecule has 4 heteroatoms. The largest absolute Gasteiger partial charge is 0.351 e. The van der Waals surface area contributed by atoms with E-state index in [4.69, 9.17) is 0 Å². The molecule has 2 amide bonds. The molecular formula is C20H20N2O2. The molecule has 0 fully saturated rings. The van der Waals surface area contributed by atoms with E-state index in [1.807, 2.05) is 49.4 Å². The van der Waals surface area contributed by atoms with Gasteiger partial charge < -0.3 is 10.6 Å². The molecule has 0 aliphatic carbocycles. The Morgan fingerprint density at radius 1 is 0.958 bits per heavy atom. The van der Waals surface area contributed by atoms with Crippen molar-refractivity contribution < 1.29 is 9.59 Å². The van der Waals surface area contributed by atoms with Crippen LogP contribution in [0.4, 0.5) is 0 Å². The van der Waals surface area contributed by atoms with E-state index in [9.17, 15) is 9.59 Å². The fourth-order valence-corrected chi connectivity index (χ4v) is 2.03. The van der Waals surface area contributed by atoms with Gasteiger partial charge in [-0.15, -0.1) is 0 Å². The fraction of sp³-hybridized carbons (Fsp3) is 0.100. The summed E-state index contributed by atoms with van der Waals surface area (Å²) in [6.45, 7) is 2.31. The Morgan fingerprint density at radius 3 is 2.21 bits per heavy atom. The monoisotopic (exact) mass is 320 g/mol. The summed E-state index contributed by atoms with van der Waals surface area (Å²) in [4.78, 5) is 24.4. The standard InChI is InChI=1S/C20H20N2O2/c1-2-21-20(24)18(15-9-12-16-10-5-3-6-11-16)22-19(23)17-13-7-4-8-14-17/h3-15H,2H2,1H3,(H,21,24)(H,22,23). The fourth-order valence-electron chi connectivity index (χ4n) is 2.03. The van der Waals surface area contributed by atoms with Gasteiger partial charge in [-0.25, -0.2) is 0 Å². The second kappa shape index (κ2) is 9.10. The van der Waals surface area contributed by atoms with Crippen LogP contribution in [0, 0.1) is 0 Å². The Morgan fingerprint density at radius 2 is 1.58 bits per heavy atom. The van der Waals surface area contributed by atoms with E-state index in [2.05, 4.69) is 10.6 Å². The number of carbonyl (C=O) groups excluding carboxylic acids is 2. The van der Waals surface area contributed by atoms with Gasteiger partial charge in [0.25, 0.3) is 11.8 Å². The molecule has 0 heterocycles. The van der Waals surface area contributed by atoms with Gasteiger partial charge in [0.1, 0.15) is 5.70 Å². The number of hydrogen-bond donors (Lipinski definition) is 2. The van der Waals surface area contributed by atoms with Crippen LogP contribution >= 0.6 is 0 Å². The summed E-state index contributed by atoms with van der Waals surface area (Å²) in [6.07, 6.45) is 5.21. The van der Waals surface area contributed by atoms with Gasteiger partial charge in [-0.05, 0) is 30.7 Å². The van der Waals surface area contributed by atoms with Crippen LogP contribution in [0.2, 0.25) is 0 Å². The molecule has 0 unspecified atom stereocenters. The molecule has 0 spiro atoms. The Kier molecular flexibility index (Phi) is 6.53. The van der Waals surface area contributed by atoms with Gasteiger partial charge in [0, 0.05) is 12.1 Å². The minimum absolute atomic E-state index is 0.206. The topological polar surface area (TPSA) is 58.2 Å². The zero-order chi connectivity index (χ0) is 17.2. The van der Waals surface area contributed by atoms with Crippen molar-refractivity contribution in [2.24, 2.45) is 0 Å². The number of carbonyl (C=O) groups is 2. The van der Waals surface area contributed by atoms with Gasteiger partial charge in [-0.1, -0.05) is 60.7 Å². The van der Waals surface area contributed by atoms with E-state index in [0.29, 0.717) is 12.1 Å². The highest BCUT2D eigenvalue weighted by Crippen LogP contribution is 2.04. The van der Waals surface area contributed by atoms with E-state index in [1.54, 1.807) is 36.4 Å². The van der Waals surface area contributed by atoms with Gasteiger partial charge in [0.05, 0.1) is 0 Å². The summed E-state index contributed by atoms with van der Waals surface area (Å²) in [5.41, 5.74) is 1.72. The number of nitrogens with one attached hydrogen (secondary N) is 2. The van der Waals surface area contributed by atoms with Crippen molar-refractivity contribution in [1.29, 1.82) is 0 Å². The Hall–Kier alpha value is -3.14. The summed E-state index contributed by atoms with van der Waals surface area (Å²) in [7, 11) is 0. The molecule has 122 valence electrons. The molecular weight excluding hydrogens is 300 g/mol. The van der Waals surface area contributed by atoms with Gasteiger partial charge >= 0.3 is 0 Å². The minimum atomic E-state index is -0.320. The van der Waals surface area contributed by atoms with Crippen molar-refractivity contribution >= 4 is 17.9 Å². The first-order chi connectivity index (χ1) is 11.7. The Balaban J connectivity index is 2.15. The molecule has 4 nitrogen and oxygen atoms in total. The lowest BCUT2D eigenvalue weighted by Crippen LogP contribution is -2.34. The van der Waals surface area contributed by atoms with E-state index < -0.39 is 0 Å². The molecule has 0 atom stereocenters. The average molecular weight is 320 g/mol. The van der Waals surface area contributed by atoms with Crippen LogP contribution in [0.3, 0.4) is 0 Å². The summed E-state index contributed by atoms with van der Waals surface area (Å²) in [6, 6.07) is 18.5. The smallest absolute Gasteiger partial charge is 0.267 e. The first kappa shape index (κ1) is 17.2. The number of rotatable bonds is 6. The van der Waals surface area contributed by atoms with E-state index in [-0.39, 0.29) is 17.5 Å². The molecule has 0 aromatic heterocycles. The van der Waals surface area contributed by atoms with Gasteiger partial charge in [0.15, 0.2) is 0 Å². The number of benzene rings is 2. The molecule has 0 saturated heterocycles. The average Bonchev–Trinajstić information content (AvgIpc) is 2.62. The van der Waals surface area contributed by atoms with Crippen LogP contribution in [0.1, 0.15) is 22.8 Å². The zero-order valence-electron chi connectivity index (χ0n) is 13.5. The molecule has 0 bridgehead atoms. The van der Waals surface area contributed by atoms with Crippen molar-refractivity contribution in [3.63, 3.8) is 0 Å². The zero-order valence-corrected chi connectivity index (χ0v) is 13.5. The Labute approximate surface area is 141 Å². The molecule has 0 radical (unpaired) electrons. The third-order valence-corrected chi connectivity index (χ3v) is 3.22. The molecule has 2 N–H and O–H groups in total. The highest BCUT2D eigenvalue weighted by atomic mass is 16.2. The molecule has 0 saturated carbocycles. The lowest BCUT2D eigenvalue weighted by molar-refractivity contribution is -0.117. The lowest BCUT2D eigenvalue weighted by Gasteiger charge is -2.09. The second-order valence-corrected chi connectivity index (χ2v) is 5.03. The van der Waals surface area contributed by atoms with E-state index in [1.165, 1.54) is 0 Å². The van der Waals surface area contributed by atoms with Crippen molar-refractivity contribution in [3.8, 4) is 0 Å². The summed E-state index contributed by atoms with van der Waals surface area (Å²) in [5.74, 6) is -0.638. The first-order valence-corrected chi connectivity index (χ1v) is 7.78. The van der Waals surface area contributed by atoms with Crippen LogP contribution in [0.15, 0.2) is 78.5 Å². The third-order valence-electron chi connectivity index (χ3n) is 3.22. The van der Waals surface area contributed by atoms with E-state index >= 15 is 0 Å². The molecule has 0 aliphatic rings. The van der Waals surface area contributed by atoms with Crippen LogP contribution < -0.4 is 10.6 Å². The molecule has 2 aromatic carbocycles. The SMILES string of the molecule is CCNC(=O)C(=CC=Cc1ccccc1)NC(=O)c1ccccc1.